The number of aromatic nitrogens is 6. The minimum absolute atomic E-state index is 0.784. The molecular formula is C14H22N6OS3. The fourth-order valence-electron chi connectivity index (χ4n) is 2.14. The molecule has 0 N–H and O–H groups in total. The molecule has 0 radical (unpaired) electrons. The predicted octanol–water partition coefficient (Wildman–Crippen LogP) is 1.80. The predicted molar refractivity (Wildman–Crippen MR) is 101 cm³/mol. The molecule has 3 heterocycles. The summed E-state index contributed by atoms with van der Waals surface area (Å²) in [6.45, 7) is 3.35. The third-order valence-electron chi connectivity index (χ3n) is 3.35. The molecule has 2 aromatic rings. The molecule has 2 aromatic heterocycles. The minimum atomic E-state index is 0.784. The molecule has 132 valence electrons. The highest BCUT2D eigenvalue weighted by molar-refractivity contribution is 7.99. The summed E-state index contributed by atoms with van der Waals surface area (Å²) >= 11 is 5.59. The van der Waals surface area contributed by atoms with Gasteiger partial charge in [-0.15, -0.1) is 10.2 Å². The summed E-state index contributed by atoms with van der Waals surface area (Å²) in [7, 11) is 0. The average molecular weight is 387 g/mol. The van der Waals surface area contributed by atoms with Crippen molar-refractivity contribution < 1.29 is 4.74 Å². The van der Waals surface area contributed by atoms with Crippen LogP contribution in [0.5, 0.6) is 0 Å². The number of hydrogen-bond acceptors (Lipinski definition) is 8. The van der Waals surface area contributed by atoms with Crippen LogP contribution in [0.25, 0.3) is 0 Å². The fourth-order valence-corrected chi connectivity index (χ4v) is 4.42. The van der Waals surface area contributed by atoms with Crippen molar-refractivity contribution in [2.45, 2.75) is 24.6 Å². The van der Waals surface area contributed by atoms with E-state index in [0.717, 1.165) is 72.2 Å². The standard InChI is InChI=1S/C14H22N6OS3/c1-5-22-6-2-20-10-14(16-18-20)12-24-8-4-21-3-7-23-11-13-9-19(1)17-15-13/h9-10H,1-8,11-12H2. The van der Waals surface area contributed by atoms with Gasteiger partial charge in [0, 0.05) is 46.9 Å². The van der Waals surface area contributed by atoms with Crippen LogP contribution in [-0.4, -0.2) is 66.2 Å². The van der Waals surface area contributed by atoms with E-state index in [0.29, 0.717) is 0 Å². The third kappa shape index (κ3) is 6.30. The van der Waals surface area contributed by atoms with Crippen LogP contribution in [0.3, 0.4) is 0 Å². The Balaban J connectivity index is 1.49. The number of rotatable bonds is 0. The van der Waals surface area contributed by atoms with Crippen molar-refractivity contribution in [2.24, 2.45) is 0 Å². The van der Waals surface area contributed by atoms with Gasteiger partial charge in [0.2, 0.25) is 0 Å². The van der Waals surface area contributed by atoms with Crippen LogP contribution in [0.4, 0.5) is 0 Å². The van der Waals surface area contributed by atoms with Crippen LogP contribution in [0.15, 0.2) is 12.4 Å². The van der Waals surface area contributed by atoms with Crippen LogP contribution in [0, 0.1) is 0 Å². The molecule has 0 aromatic carbocycles. The first-order valence-electron chi connectivity index (χ1n) is 7.99. The van der Waals surface area contributed by atoms with Crippen LogP contribution < -0.4 is 0 Å². The zero-order valence-electron chi connectivity index (χ0n) is 13.5. The van der Waals surface area contributed by atoms with Crippen molar-refractivity contribution in [3.05, 3.63) is 23.8 Å². The van der Waals surface area contributed by atoms with Gasteiger partial charge in [-0.3, -0.25) is 9.36 Å². The van der Waals surface area contributed by atoms with Crippen molar-refractivity contribution in [1.82, 2.24) is 30.0 Å². The van der Waals surface area contributed by atoms with E-state index in [9.17, 15) is 0 Å². The van der Waals surface area contributed by atoms with Gasteiger partial charge in [-0.25, -0.2) is 0 Å². The summed E-state index contributed by atoms with van der Waals surface area (Å²) < 4.78 is 9.53. The lowest BCUT2D eigenvalue weighted by Crippen LogP contribution is -2.05. The molecule has 24 heavy (non-hydrogen) atoms. The molecule has 0 unspecified atom stereocenters. The quantitative estimate of drug-likeness (QED) is 0.679. The molecular weight excluding hydrogens is 364 g/mol. The molecule has 0 aliphatic carbocycles. The van der Waals surface area contributed by atoms with E-state index in [4.69, 9.17) is 4.74 Å². The topological polar surface area (TPSA) is 70.7 Å². The summed E-state index contributed by atoms with van der Waals surface area (Å²) in [4.78, 5) is 0. The first kappa shape index (κ1) is 18.1. The number of aryl methyl sites for hydroxylation is 2. The van der Waals surface area contributed by atoms with Crippen LogP contribution in [0.1, 0.15) is 11.4 Å². The Kier molecular flexibility index (Phi) is 7.78. The molecule has 0 saturated heterocycles. The minimum Gasteiger partial charge on any atom is -0.380 e. The van der Waals surface area contributed by atoms with E-state index in [-0.39, 0.29) is 0 Å². The Morgan fingerprint density at radius 1 is 0.750 bits per heavy atom. The van der Waals surface area contributed by atoms with Crippen molar-refractivity contribution >= 4 is 35.3 Å². The number of ether oxygens (including phenoxy) is 1. The van der Waals surface area contributed by atoms with E-state index >= 15 is 0 Å². The number of thioether (sulfide) groups is 3. The van der Waals surface area contributed by atoms with Crippen LogP contribution >= 0.6 is 35.3 Å². The zero-order chi connectivity index (χ0) is 16.5. The van der Waals surface area contributed by atoms with Crippen molar-refractivity contribution in [2.75, 3.05) is 36.2 Å². The molecule has 0 fully saturated rings. The Morgan fingerprint density at radius 2 is 1.29 bits per heavy atom. The Labute approximate surface area is 154 Å². The number of nitrogens with zero attached hydrogens (tertiary/aromatic N) is 6. The van der Waals surface area contributed by atoms with Gasteiger partial charge in [0.1, 0.15) is 0 Å². The van der Waals surface area contributed by atoms with Gasteiger partial charge in [0.25, 0.3) is 0 Å². The largest absolute Gasteiger partial charge is 0.380 e. The molecule has 4 bridgehead atoms. The van der Waals surface area contributed by atoms with Gasteiger partial charge < -0.3 is 4.74 Å². The molecule has 10 heteroatoms. The van der Waals surface area contributed by atoms with Gasteiger partial charge >= 0.3 is 0 Å². The van der Waals surface area contributed by atoms with Crippen molar-refractivity contribution in [1.29, 1.82) is 0 Å². The fraction of sp³-hybridized carbons (Fsp3) is 0.714. The maximum absolute atomic E-state index is 5.66. The average Bonchev–Trinajstić information content (AvgIpc) is 3.22. The molecule has 7 nitrogen and oxygen atoms in total. The van der Waals surface area contributed by atoms with E-state index in [1.54, 1.807) is 0 Å². The summed E-state index contributed by atoms with van der Waals surface area (Å²) in [5, 5.41) is 16.8. The highest BCUT2D eigenvalue weighted by Crippen LogP contribution is 2.12. The van der Waals surface area contributed by atoms with Gasteiger partial charge in [-0.2, -0.15) is 35.3 Å². The smallest absolute Gasteiger partial charge is 0.0925 e. The third-order valence-corrected chi connectivity index (χ3v) is 6.20. The summed E-state index contributed by atoms with van der Waals surface area (Å²) in [5.74, 6) is 5.83. The summed E-state index contributed by atoms with van der Waals surface area (Å²) in [6.07, 6.45) is 4.10. The molecule has 0 amide bonds. The molecule has 1 aliphatic rings. The molecule has 0 spiro atoms. The van der Waals surface area contributed by atoms with Gasteiger partial charge in [0.15, 0.2) is 0 Å². The van der Waals surface area contributed by atoms with Gasteiger partial charge in [-0.05, 0) is 0 Å². The Hall–Kier alpha value is -0.710. The lowest BCUT2D eigenvalue weighted by Gasteiger charge is -2.04. The summed E-state index contributed by atoms with van der Waals surface area (Å²) in [6, 6.07) is 0. The monoisotopic (exact) mass is 386 g/mol. The molecule has 0 saturated carbocycles. The lowest BCUT2D eigenvalue weighted by molar-refractivity contribution is 0.167. The highest BCUT2D eigenvalue weighted by Gasteiger charge is 2.04. The molecule has 3 rings (SSSR count). The van der Waals surface area contributed by atoms with E-state index in [1.165, 1.54) is 0 Å². The maximum Gasteiger partial charge on any atom is 0.0925 e. The van der Waals surface area contributed by atoms with Gasteiger partial charge in [0.05, 0.1) is 37.7 Å². The van der Waals surface area contributed by atoms with Crippen molar-refractivity contribution in [3.63, 3.8) is 0 Å². The normalized spacial score (nSPS) is 19.0. The maximum atomic E-state index is 5.66. The van der Waals surface area contributed by atoms with Crippen LogP contribution in [0.2, 0.25) is 0 Å². The second-order valence-corrected chi connectivity index (χ2v) is 8.71. The first-order chi connectivity index (χ1) is 11.9. The Morgan fingerprint density at radius 3 is 1.83 bits per heavy atom. The summed E-state index contributed by atoms with van der Waals surface area (Å²) in [5.41, 5.74) is 2.09. The first-order valence-corrected chi connectivity index (χ1v) is 11.5. The molecule has 1 aliphatic heterocycles. The van der Waals surface area contributed by atoms with Gasteiger partial charge in [-0.1, -0.05) is 10.4 Å². The Bertz CT molecular complexity index is 555. The lowest BCUT2D eigenvalue weighted by atomic mass is 10.5. The number of fused-ring (bicyclic) bond motifs is 4. The zero-order valence-corrected chi connectivity index (χ0v) is 16.0. The number of hydrogen-bond donors (Lipinski definition) is 0. The van der Waals surface area contributed by atoms with E-state index in [2.05, 4.69) is 20.6 Å². The molecule has 0 atom stereocenters. The second kappa shape index (κ2) is 10.3. The van der Waals surface area contributed by atoms with Crippen LogP contribution in [-0.2, 0) is 29.3 Å². The second-order valence-electron chi connectivity index (χ2n) is 5.28. The SMILES string of the molecule is c1c2nnn1CCSCCn1cc(nn1)CSCCOCCSC2. The van der Waals surface area contributed by atoms with E-state index in [1.807, 2.05) is 57.0 Å². The van der Waals surface area contributed by atoms with E-state index < -0.39 is 0 Å². The highest BCUT2D eigenvalue weighted by atomic mass is 32.2. The van der Waals surface area contributed by atoms with Crippen molar-refractivity contribution in [3.8, 4) is 0 Å².